The summed E-state index contributed by atoms with van der Waals surface area (Å²) >= 11 is 5.97. The van der Waals surface area contributed by atoms with E-state index in [1.165, 1.54) is 36.4 Å². The van der Waals surface area contributed by atoms with Gasteiger partial charge < -0.3 is 0 Å². The van der Waals surface area contributed by atoms with E-state index >= 15 is 0 Å². The fourth-order valence-electron chi connectivity index (χ4n) is 2.61. The van der Waals surface area contributed by atoms with Crippen LogP contribution < -0.4 is 9.44 Å². The Morgan fingerprint density at radius 2 is 1.31 bits per heavy atom. The van der Waals surface area contributed by atoms with Crippen molar-refractivity contribution in [3.8, 4) is 0 Å². The molecule has 0 unspecified atom stereocenters. The number of hydrogen-bond acceptors (Lipinski definition) is 4. The van der Waals surface area contributed by atoms with Gasteiger partial charge in [0.25, 0.3) is 20.0 Å². The largest absolute Gasteiger partial charge is 0.280 e. The van der Waals surface area contributed by atoms with E-state index in [-0.39, 0.29) is 26.2 Å². The van der Waals surface area contributed by atoms with Gasteiger partial charge in [0.05, 0.1) is 21.3 Å². The predicted molar refractivity (Wildman–Crippen MR) is 115 cm³/mol. The maximum Gasteiger partial charge on any atom is 0.263 e. The van der Waals surface area contributed by atoms with E-state index in [1.54, 1.807) is 30.3 Å². The number of hydrogen-bond donors (Lipinski definition) is 2. The average molecular weight is 451 g/mol. The summed E-state index contributed by atoms with van der Waals surface area (Å²) in [6, 6.07) is 16.9. The molecule has 152 valence electrons. The second kappa shape index (κ2) is 8.06. The molecule has 0 saturated heterocycles. The zero-order chi connectivity index (χ0) is 21.2. The van der Waals surface area contributed by atoms with Gasteiger partial charge in [0.2, 0.25) is 0 Å². The first-order valence-corrected chi connectivity index (χ1v) is 11.9. The van der Waals surface area contributed by atoms with Gasteiger partial charge >= 0.3 is 0 Å². The highest BCUT2D eigenvalue weighted by Gasteiger charge is 2.19. The lowest BCUT2D eigenvalue weighted by atomic mass is 10.1. The number of anilines is 2. The van der Waals surface area contributed by atoms with Crippen LogP contribution in [0.4, 0.5) is 11.4 Å². The van der Waals surface area contributed by atoms with E-state index in [9.17, 15) is 16.8 Å². The minimum atomic E-state index is -3.93. The fourth-order valence-corrected chi connectivity index (χ4v) is 5.32. The van der Waals surface area contributed by atoms with Crippen LogP contribution in [-0.2, 0) is 20.0 Å². The lowest BCUT2D eigenvalue weighted by Gasteiger charge is -2.12. The lowest BCUT2D eigenvalue weighted by Crippen LogP contribution is -2.15. The van der Waals surface area contributed by atoms with Crippen molar-refractivity contribution in [3.05, 3.63) is 82.9 Å². The summed E-state index contributed by atoms with van der Waals surface area (Å²) in [6.07, 6.45) is 0. The molecule has 0 aliphatic rings. The molecule has 0 bridgehead atoms. The Balaban J connectivity index is 1.86. The lowest BCUT2D eigenvalue weighted by molar-refractivity contribution is 0.599. The highest BCUT2D eigenvalue weighted by Crippen LogP contribution is 2.25. The molecular weight excluding hydrogens is 432 g/mol. The summed E-state index contributed by atoms with van der Waals surface area (Å²) in [5.74, 6) is 0. The normalized spacial score (nSPS) is 11.8. The third kappa shape index (κ3) is 4.90. The molecule has 29 heavy (non-hydrogen) atoms. The number of rotatable bonds is 6. The Morgan fingerprint density at radius 3 is 1.93 bits per heavy atom. The zero-order valence-electron chi connectivity index (χ0n) is 15.7. The van der Waals surface area contributed by atoms with Gasteiger partial charge in [-0.1, -0.05) is 35.9 Å². The van der Waals surface area contributed by atoms with Gasteiger partial charge in [-0.3, -0.25) is 9.44 Å². The molecule has 0 heterocycles. The molecule has 0 aliphatic heterocycles. The van der Waals surface area contributed by atoms with Crippen molar-refractivity contribution in [3.63, 3.8) is 0 Å². The Morgan fingerprint density at radius 1 is 0.690 bits per heavy atom. The van der Waals surface area contributed by atoms with E-state index in [2.05, 4.69) is 9.44 Å². The van der Waals surface area contributed by atoms with Gasteiger partial charge in [-0.2, -0.15) is 0 Å². The first kappa shape index (κ1) is 21.2. The predicted octanol–water partition coefficient (Wildman–Crippen LogP) is 4.56. The maximum absolute atomic E-state index is 12.7. The minimum absolute atomic E-state index is 0.0669. The van der Waals surface area contributed by atoms with E-state index in [0.717, 1.165) is 11.1 Å². The van der Waals surface area contributed by atoms with E-state index in [0.29, 0.717) is 0 Å². The zero-order valence-corrected chi connectivity index (χ0v) is 18.1. The van der Waals surface area contributed by atoms with Crippen molar-refractivity contribution in [1.29, 1.82) is 0 Å². The molecule has 0 aromatic heterocycles. The Bertz CT molecular complexity index is 1270. The Labute approximate surface area is 175 Å². The second-order valence-corrected chi connectivity index (χ2v) is 10.2. The molecule has 0 spiro atoms. The van der Waals surface area contributed by atoms with Crippen molar-refractivity contribution < 1.29 is 16.8 Å². The van der Waals surface area contributed by atoms with Crippen LogP contribution in [0, 0.1) is 13.8 Å². The molecule has 2 N–H and O–H groups in total. The Hall–Kier alpha value is -2.55. The highest BCUT2D eigenvalue weighted by atomic mass is 35.5. The van der Waals surface area contributed by atoms with Crippen molar-refractivity contribution >= 4 is 43.0 Å². The minimum Gasteiger partial charge on any atom is -0.280 e. The molecule has 3 aromatic carbocycles. The molecule has 9 heteroatoms. The monoisotopic (exact) mass is 450 g/mol. The quantitative estimate of drug-likeness (QED) is 0.575. The van der Waals surface area contributed by atoms with Gasteiger partial charge in [-0.05, 0) is 67.4 Å². The smallest absolute Gasteiger partial charge is 0.263 e. The number of sulfonamides is 2. The molecular formula is C20H19ClN2O4S2. The molecule has 0 atom stereocenters. The average Bonchev–Trinajstić information content (AvgIpc) is 2.63. The van der Waals surface area contributed by atoms with E-state index in [1.807, 2.05) is 13.8 Å². The molecule has 0 fully saturated rings. The van der Waals surface area contributed by atoms with E-state index in [4.69, 9.17) is 11.6 Å². The Kier molecular flexibility index (Phi) is 5.88. The molecule has 0 aliphatic carbocycles. The van der Waals surface area contributed by atoms with Crippen molar-refractivity contribution in [2.24, 2.45) is 0 Å². The van der Waals surface area contributed by atoms with Gasteiger partial charge in [0.15, 0.2) is 0 Å². The first-order chi connectivity index (χ1) is 13.6. The number of halogens is 1. The number of aryl methyl sites for hydroxylation is 2. The SMILES string of the molecule is Cc1ccc(S(=O)(=O)Nc2cccc(NS(=O)(=O)c3ccccc3Cl)c2)cc1C. The highest BCUT2D eigenvalue weighted by molar-refractivity contribution is 7.93. The maximum atomic E-state index is 12.7. The fraction of sp³-hybridized carbons (Fsp3) is 0.100. The molecule has 0 radical (unpaired) electrons. The van der Waals surface area contributed by atoms with Crippen LogP contribution in [0.25, 0.3) is 0 Å². The van der Waals surface area contributed by atoms with E-state index < -0.39 is 20.0 Å². The third-order valence-corrected chi connectivity index (χ3v) is 7.54. The van der Waals surface area contributed by atoms with Crippen molar-refractivity contribution in [2.75, 3.05) is 9.44 Å². The number of nitrogens with one attached hydrogen (secondary N) is 2. The van der Waals surface area contributed by atoms with Crippen LogP contribution >= 0.6 is 11.6 Å². The molecule has 0 amide bonds. The summed E-state index contributed by atoms with van der Waals surface area (Å²) in [5.41, 5.74) is 2.27. The van der Waals surface area contributed by atoms with Crippen LogP contribution in [-0.4, -0.2) is 16.8 Å². The molecule has 0 saturated carbocycles. The second-order valence-electron chi connectivity index (χ2n) is 6.47. The van der Waals surface area contributed by atoms with Crippen molar-refractivity contribution in [1.82, 2.24) is 0 Å². The van der Waals surface area contributed by atoms with Crippen LogP contribution in [0.1, 0.15) is 11.1 Å². The summed E-state index contributed by atoms with van der Waals surface area (Å²) in [4.78, 5) is 0.0606. The van der Waals surface area contributed by atoms with Gasteiger partial charge in [-0.15, -0.1) is 0 Å². The summed E-state index contributed by atoms with van der Waals surface area (Å²) < 4.78 is 55.4. The van der Waals surface area contributed by atoms with Crippen LogP contribution in [0.3, 0.4) is 0 Å². The van der Waals surface area contributed by atoms with Gasteiger partial charge in [0, 0.05) is 0 Å². The van der Waals surface area contributed by atoms with Crippen LogP contribution in [0.15, 0.2) is 76.5 Å². The topological polar surface area (TPSA) is 92.3 Å². The van der Waals surface area contributed by atoms with Crippen molar-refractivity contribution in [2.45, 2.75) is 23.6 Å². The number of benzene rings is 3. The van der Waals surface area contributed by atoms with Gasteiger partial charge in [0.1, 0.15) is 4.90 Å². The first-order valence-electron chi connectivity index (χ1n) is 8.56. The van der Waals surface area contributed by atoms with Crippen LogP contribution in [0.2, 0.25) is 5.02 Å². The van der Waals surface area contributed by atoms with Crippen LogP contribution in [0.5, 0.6) is 0 Å². The summed E-state index contributed by atoms with van der Waals surface area (Å²) in [5, 5.41) is 0.0894. The summed E-state index contributed by atoms with van der Waals surface area (Å²) in [6.45, 7) is 3.73. The molecule has 3 rings (SSSR count). The van der Waals surface area contributed by atoms with Gasteiger partial charge in [-0.25, -0.2) is 16.8 Å². The standard InChI is InChI=1S/C20H19ClN2O4S2/c1-14-10-11-18(12-15(14)2)28(24,25)22-16-6-5-7-17(13-16)23-29(26,27)20-9-4-3-8-19(20)21/h3-13,22-23H,1-2H3. The molecule has 6 nitrogen and oxygen atoms in total. The summed E-state index contributed by atoms with van der Waals surface area (Å²) in [7, 11) is -7.75. The third-order valence-electron chi connectivity index (χ3n) is 4.28. The molecule has 3 aromatic rings.